The Morgan fingerprint density at radius 1 is 1.53 bits per heavy atom. The van der Waals surface area contributed by atoms with Crippen molar-refractivity contribution in [3.8, 4) is 0 Å². The van der Waals surface area contributed by atoms with Gasteiger partial charge in [0.2, 0.25) is 5.91 Å². The average Bonchev–Trinajstić information content (AvgIpc) is 2.85. The topological polar surface area (TPSA) is 29.1 Å². The molecule has 1 N–H and O–H groups in total. The third-order valence-corrected chi connectivity index (χ3v) is 4.42. The highest BCUT2D eigenvalue weighted by Crippen LogP contribution is 2.23. The van der Waals surface area contributed by atoms with Gasteiger partial charge in [-0.1, -0.05) is 12.2 Å². The molecule has 0 atom stereocenters. The van der Waals surface area contributed by atoms with Crippen LogP contribution in [0.5, 0.6) is 0 Å². The van der Waals surface area contributed by atoms with Gasteiger partial charge in [-0.15, -0.1) is 11.3 Å². The van der Waals surface area contributed by atoms with Gasteiger partial charge in [0.25, 0.3) is 0 Å². The Labute approximate surface area is 102 Å². The number of carbonyl (C=O) groups excluding carboxylic acids is 1. The predicted molar refractivity (Wildman–Crippen MR) is 65.7 cm³/mol. The van der Waals surface area contributed by atoms with Crippen molar-refractivity contribution in [2.75, 3.05) is 0 Å². The van der Waals surface area contributed by atoms with Crippen molar-refractivity contribution < 1.29 is 4.79 Å². The molecule has 1 aliphatic carbocycles. The van der Waals surface area contributed by atoms with E-state index in [1.165, 1.54) is 4.88 Å². The van der Waals surface area contributed by atoms with Gasteiger partial charge in [0.05, 0.1) is 6.54 Å². The lowest BCUT2D eigenvalue weighted by Crippen LogP contribution is -2.28. The summed E-state index contributed by atoms with van der Waals surface area (Å²) >= 11 is 5.10. The summed E-state index contributed by atoms with van der Waals surface area (Å²) in [5.41, 5.74) is 0. The second kappa shape index (κ2) is 4.94. The van der Waals surface area contributed by atoms with E-state index < -0.39 is 0 Å². The predicted octanol–water partition coefficient (Wildman–Crippen LogP) is 3.09. The highest BCUT2D eigenvalue weighted by Gasteiger charge is 2.18. The first-order valence-corrected chi connectivity index (χ1v) is 6.59. The molecule has 1 amide bonds. The molecular formula is C11H12BrNOS. The molecule has 80 valence electrons. The molecule has 2 nitrogen and oxygen atoms in total. The zero-order chi connectivity index (χ0) is 10.7. The standard InChI is InChI=1S/C11H12BrNOS/c12-9-5-6-15-10(9)7-13-11(14)8-3-1-2-4-8/h1-2,5-6,8H,3-4,7H2,(H,13,14). The van der Waals surface area contributed by atoms with E-state index in [1.807, 2.05) is 11.4 Å². The van der Waals surface area contributed by atoms with Crippen LogP contribution in [0.4, 0.5) is 0 Å². The summed E-state index contributed by atoms with van der Waals surface area (Å²) in [7, 11) is 0. The molecule has 0 aromatic carbocycles. The van der Waals surface area contributed by atoms with Crippen LogP contribution in [-0.4, -0.2) is 5.91 Å². The lowest BCUT2D eigenvalue weighted by molar-refractivity contribution is -0.124. The van der Waals surface area contributed by atoms with Crippen molar-refractivity contribution >= 4 is 33.2 Å². The van der Waals surface area contributed by atoms with E-state index in [0.29, 0.717) is 6.54 Å². The molecule has 0 fully saturated rings. The third kappa shape index (κ3) is 2.69. The molecule has 0 unspecified atom stereocenters. The van der Waals surface area contributed by atoms with Crippen molar-refractivity contribution in [3.63, 3.8) is 0 Å². The molecule has 0 bridgehead atoms. The van der Waals surface area contributed by atoms with Crippen molar-refractivity contribution in [1.29, 1.82) is 0 Å². The molecule has 0 saturated carbocycles. The number of carbonyl (C=O) groups is 1. The van der Waals surface area contributed by atoms with Crippen LogP contribution < -0.4 is 5.32 Å². The Morgan fingerprint density at radius 2 is 2.27 bits per heavy atom. The quantitative estimate of drug-likeness (QED) is 0.850. The van der Waals surface area contributed by atoms with Crippen LogP contribution in [0.25, 0.3) is 0 Å². The van der Waals surface area contributed by atoms with Gasteiger partial charge in [0.15, 0.2) is 0 Å². The maximum Gasteiger partial charge on any atom is 0.224 e. The second-order valence-corrected chi connectivity index (χ2v) is 5.40. The van der Waals surface area contributed by atoms with E-state index in [9.17, 15) is 4.79 Å². The monoisotopic (exact) mass is 285 g/mol. The number of thiophene rings is 1. The number of halogens is 1. The van der Waals surface area contributed by atoms with Crippen molar-refractivity contribution in [2.24, 2.45) is 5.92 Å². The summed E-state index contributed by atoms with van der Waals surface area (Å²) < 4.78 is 1.08. The minimum Gasteiger partial charge on any atom is -0.351 e. The van der Waals surface area contributed by atoms with E-state index in [-0.39, 0.29) is 11.8 Å². The van der Waals surface area contributed by atoms with Crippen molar-refractivity contribution in [2.45, 2.75) is 19.4 Å². The minimum atomic E-state index is 0.156. The maximum atomic E-state index is 11.7. The lowest BCUT2D eigenvalue weighted by atomic mass is 10.1. The largest absolute Gasteiger partial charge is 0.351 e. The van der Waals surface area contributed by atoms with Crippen molar-refractivity contribution in [1.82, 2.24) is 5.32 Å². The first-order valence-electron chi connectivity index (χ1n) is 4.92. The van der Waals surface area contributed by atoms with Gasteiger partial charge in [0.1, 0.15) is 0 Å². The number of hydrogen-bond donors (Lipinski definition) is 1. The molecule has 0 spiro atoms. The van der Waals surface area contributed by atoms with Gasteiger partial charge in [-0.05, 0) is 40.2 Å². The number of amides is 1. The molecule has 2 rings (SSSR count). The summed E-state index contributed by atoms with van der Waals surface area (Å²) in [6.07, 6.45) is 5.92. The molecule has 1 heterocycles. The molecule has 1 aliphatic rings. The van der Waals surface area contributed by atoms with Gasteiger partial charge in [0, 0.05) is 15.3 Å². The molecule has 15 heavy (non-hydrogen) atoms. The molecule has 1 aromatic heterocycles. The maximum absolute atomic E-state index is 11.7. The SMILES string of the molecule is O=C(NCc1sccc1Br)C1CC=CC1. The zero-order valence-electron chi connectivity index (χ0n) is 8.20. The third-order valence-electron chi connectivity index (χ3n) is 2.49. The van der Waals surface area contributed by atoms with Gasteiger partial charge >= 0.3 is 0 Å². The molecular weight excluding hydrogens is 274 g/mol. The van der Waals surface area contributed by atoms with E-state index >= 15 is 0 Å². The first kappa shape index (κ1) is 10.9. The fraction of sp³-hybridized carbons (Fsp3) is 0.364. The van der Waals surface area contributed by atoms with E-state index in [1.54, 1.807) is 11.3 Å². The Bertz CT molecular complexity index is 378. The van der Waals surface area contributed by atoms with E-state index in [2.05, 4.69) is 33.4 Å². The Balaban J connectivity index is 1.83. The highest BCUT2D eigenvalue weighted by atomic mass is 79.9. The summed E-state index contributed by atoms with van der Waals surface area (Å²) in [5, 5.41) is 4.99. The fourth-order valence-electron chi connectivity index (χ4n) is 1.59. The number of hydrogen-bond acceptors (Lipinski definition) is 2. The van der Waals surface area contributed by atoms with Crippen LogP contribution in [0.1, 0.15) is 17.7 Å². The highest BCUT2D eigenvalue weighted by molar-refractivity contribution is 9.10. The second-order valence-electron chi connectivity index (χ2n) is 3.55. The summed E-state index contributed by atoms with van der Waals surface area (Å²) in [4.78, 5) is 12.9. The first-order chi connectivity index (χ1) is 7.27. The average molecular weight is 286 g/mol. The Morgan fingerprint density at radius 3 is 2.87 bits per heavy atom. The molecule has 1 aromatic rings. The van der Waals surface area contributed by atoms with Crippen molar-refractivity contribution in [3.05, 3.63) is 32.9 Å². The van der Waals surface area contributed by atoms with Gasteiger partial charge in [-0.2, -0.15) is 0 Å². The van der Waals surface area contributed by atoms with E-state index in [0.717, 1.165) is 17.3 Å². The summed E-state index contributed by atoms with van der Waals surface area (Å²) in [6, 6.07) is 2.00. The number of nitrogens with one attached hydrogen (secondary N) is 1. The molecule has 4 heteroatoms. The lowest BCUT2D eigenvalue weighted by Gasteiger charge is -2.09. The van der Waals surface area contributed by atoms with Gasteiger partial charge in [-0.3, -0.25) is 4.79 Å². The zero-order valence-corrected chi connectivity index (χ0v) is 10.6. The van der Waals surface area contributed by atoms with Gasteiger partial charge < -0.3 is 5.32 Å². The molecule has 0 aliphatic heterocycles. The summed E-state index contributed by atoms with van der Waals surface area (Å²) in [5.74, 6) is 0.323. The Hall–Kier alpha value is -0.610. The molecule has 0 radical (unpaired) electrons. The fourth-order valence-corrected chi connectivity index (χ4v) is 3.03. The van der Waals surface area contributed by atoms with Crippen LogP contribution >= 0.6 is 27.3 Å². The Kier molecular flexibility index (Phi) is 3.59. The normalized spacial score (nSPS) is 15.8. The van der Waals surface area contributed by atoms with Crippen LogP contribution in [0.3, 0.4) is 0 Å². The number of rotatable bonds is 3. The van der Waals surface area contributed by atoms with Crippen LogP contribution in [0.15, 0.2) is 28.1 Å². The van der Waals surface area contributed by atoms with Crippen LogP contribution in [0, 0.1) is 5.92 Å². The van der Waals surface area contributed by atoms with Gasteiger partial charge in [-0.25, -0.2) is 0 Å². The minimum absolute atomic E-state index is 0.156. The summed E-state index contributed by atoms with van der Waals surface area (Å²) in [6.45, 7) is 0.633. The van der Waals surface area contributed by atoms with Crippen LogP contribution in [-0.2, 0) is 11.3 Å². The number of allylic oxidation sites excluding steroid dienone is 2. The van der Waals surface area contributed by atoms with E-state index in [4.69, 9.17) is 0 Å². The molecule has 0 saturated heterocycles. The smallest absolute Gasteiger partial charge is 0.224 e. The van der Waals surface area contributed by atoms with Crippen LogP contribution in [0.2, 0.25) is 0 Å².